The Morgan fingerprint density at radius 3 is 2.67 bits per heavy atom. The van der Waals surface area contributed by atoms with Gasteiger partial charge in [-0.25, -0.2) is 0 Å². The minimum atomic E-state index is 0.547. The van der Waals surface area contributed by atoms with Crippen molar-refractivity contribution in [1.29, 1.82) is 0 Å². The molecule has 0 amide bonds. The predicted octanol–water partition coefficient (Wildman–Crippen LogP) is 3.64. The highest BCUT2D eigenvalue weighted by Gasteiger charge is 1.98. The van der Waals surface area contributed by atoms with Crippen LogP contribution in [-0.2, 0) is 0 Å². The Morgan fingerprint density at radius 2 is 2.00 bits per heavy atom. The molecule has 0 N–H and O–H groups in total. The van der Waals surface area contributed by atoms with Crippen molar-refractivity contribution in [3.05, 3.63) is 47.6 Å². The summed E-state index contributed by atoms with van der Waals surface area (Å²) in [6.45, 7) is 6.39. The Labute approximate surface area is 75.0 Å². The molecule has 1 aliphatic rings. The standard InChI is InChI=1S/C12H16/c1-4-5-12-7-6-10(2)8-11(3)9-12/h4-9,11H,1-3H3/b5-4+. The van der Waals surface area contributed by atoms with Gasteiger partial charge < -0.3 is 0 Å². The van der Waals surface area contributed by atoms with Crippen molar-refractivity contribution >= 4 is 0 Å². The number of allylic oxidation sites excluding steroid dienone is 8. The van der Waals surface area contributed by atoms with Gasteiger partial charge in [-0.3, -0.25) is 0 Å². The Bertz CT molecular complexity index is 262. The summed E-state index contributed by atoms with van der Waals surface area (Å²) in [6.07, 6.45) is 13.1. The zero-order chi connectivity index (χ0) is 8.97. The molecule has 0 heteroatoms. The maximum Gasteiger partial charge on any atom is -0.00672 e. The van der Waals surface area contributed by atoms with E-state index in [1.807, 2.05) is 6.92 Å². The number of hydrogen-bond donors (Lipinski definition) is 0. The van der Waals surface area contributed by atoms with Crippen molar-refractivity contribution in [2.24, 2.45) is 5.92 Å². The van der Waals surface area contributed by atoms with E-state index in [9.17, 15) is 0 Å². The quantitative estimate of drug-likeness (QED) is 0.549. The first-order chi connectivity index (χ1) is 5.72. The molecule has 0 aromatic rings. The Kier molecular flexibility index (Phi) is 3.09. The third-order valence-electron chi connectivity index (χ3n) is 1.88. The van der Waals surface area contributed by atoms with E-state index >= 15 is 0 Å². The molecule has 0 heterocycles. The van der Waals surface area contributed by atoms with Crippen molar-refractivity contribution in [3.63, 3.8) is 0 Å². The molecule has 0 fully saturated rings. The Morgan fingerprint density at radius 1 is 1.25 bits per heavy atom. The molecule has 0 saturated carbocycles. The van der Waals surface area contributed by atoms with Gasteiger partial charge in [0.25, 0.3) is 0 Å². The monoisotopic (exact) mass is 160 g/mol. The summed E-state index contributed by atoms with van der Waals surface area (Å²) in [5.41, 5.74) is 2.65. The van der Waals surface area contributed by atoms with Gasteiger partial charge in [0.15, 0.2) is 0 Å². The topological polar surface area (TPSA) is 0 Å². The molecule has 12 heavy (non-hydrogen) atoms. The van der Waals surface area contributed by atoms with E-state index in [1.165, 1.54) is 11.1 Å². The summed E-state index contributed by atoms with van der Waals surface area (Å²) in [5.74, 6) is 0.547. The molecular formula is C12H16. The van der Waals surface area contributed by atoms with Gasteiger partial charge in [0.05, 0.1) is 0 Å². The third-order valence-corrected chi connectivity index (χ3v) is 1.88. The second-order valence-corrected chi connectivity index (χ2v) is 3.27. The van der Waals surface area contributed by atoms with Crippen LogP contribution >= 0.6 is 0 Å². The van der Waals surface area contributed by atoms with Crippen LogP contribution in [0.3, 0.4) is 0 Å². The van der Waals surface area contributed by atoms with Crippen molar-refractivity contribution in [3.8, 4) is 0 Å². The molecule has 0 bridgehead atoms. The van der Waals surface area contributed by atoms with Crippen LogP contribution in [-0.4, -0.2) is 0 Å². The van der Waals surface area contributed by atoms with Gasteiger partial charge in [0.2, 0.25) is 0 Å². The van der Waals surface area contributed by atoms with Crippen molar-refractivity contribution in [2.45, 2.75) is 20.8 Å². The molecule has 0 saturated heterocycles. The molecular weight excluding hydrogens is 144 g/mol. The maximum atomic E-state index is 2.27. The average molecular weight is 160 g/mol. The normalized spacial score (nSPS) is 23.8. The molecule has 0 aliphatic heterocycles. The highest BCUT2D eigenvalue weighted by Crippen LogP contribution is 2.15. The minimum Gasteiger partial charge on any atom is -0.0871 e. The minimum absolute atomic E-state index is 0.547. The summed E-state index contributed by atoms with van der Waals surface area (Å²) in [5, 5.41) is 0. The maximum absolute atomic E-state index is 2.27. The van der Waals surface area contributed by atoms with E-state index in [4.69, 9.17) is 0 Å². The molecule has 1 rings (SSSR count). The summed E-state index contributed by atoms with van der Waals surface area (Å²) < 4.78 is 0. The molecule has 0 spiro atoms. The third kappa shape index (κ3) is 2.54. The van der Waals surface area contributed by atoms with Crippen molar-refractivity contribution in [1.82, 2.24) is 0 Å². The smallest absolute Gasteiger partial charge is 0.00672 e. The summed E-state index contributed by atoms with van der Waals surface area (Å²) >= 11 is 0. The fraction of sp³-hybridized carbons (Fsp3) is 0.333. The van der Waals surface area contributed by atoms with E-state index in [-0.39, 0.29) is 0 Å². The lowest BCUT2D eigenvalue weighted by Gasteiger charge is -1.97. The SMILES string of the molecule is C/C=C/C1=CC(C)C=C(C)C=C1. The fourth-order valence-corrected chi connectivity index (χ4v) is 1.41. The largest absolute Gasteiger partial charge is 0.0871 e. The fourth-order valence-electron chi connectivity index (χ4n) is 1.41. The van der Waals surface area contributed by atoms with E-state index in [0.717, 1.165) is 0 Å². The zero-order valence-electron chi connectivity index (χ0n) is 8.04. The molecule has 0 radical (unpaired) electrons. The number of rotatable bonds is 1. The molecule has 1 unspecified atom stereocenters. The van der Waals surface area contributed by atoms with Crippen LogP contribution in [0, 0.1) is 5.92 Å². The molecule has 0 aromatic heterocycles. The van der Waals surface area contributed by atoms with Crippen LogP contribution in [0.5, 0.6) is 0 Å². The average Bonchev–Trinajstić information content (AvgIpc) is 2.13. The van der Waals surface area contributed by atoms with Crippen molar-refractivity contribution < 1.29 is 0 Å². The van der Waals surface area contributed by atoms with Gasteiger partial charge in [0.1, 0.15) is 0 Å². The second-order valence-electron chi connectivity index (χ2n) is 3.27. The summed E-state index contributed by atoms with van der Waals surface area (Å²) in [6, 6.07) is 0. The van der Waals surface area contributed by atoms with Gasteiger partial charge >= 0.3 is 0 Å². The summed E-state index contributed by atoms with van der Waals surface area (Å²) in [4.78, 5) is 0. The Hall–Kier alpha value is -1.04. The molecule has 0 nitrogen and oxygen atoms in total. The lowest BCUT2D eigenvalue weighted by atomic mass is 10.1. The molecule has 0 aromatic carbocycles. The van der Waals surface area contributed by atoms with Crippen LogP contribution in [0.25, 0.3) is 0 Å². The van der Waals surface area contributed by atoms with Gasteiger partial charge in [-0.05, 0) is 25.3 Å². The Balaban J connectivity index is 2.87. The van der Waals surface area contributed by atoms with Crippen LogP contribution in [0.2, 0.25) is 0 Å². The van der Waals surface area contributed by atoms with E-state index in [0.29, 0.717) is 5.92 Å². The summed E-state index contributed by atoms with van der Waals surface area (Å²) in [7, 11) is 0. The highest BCUT2D eigenvalue weighted by molar-refractivity contribution is 5.38. The van der Waals surface area contributed by atoms with E-state index < -0.39 is 0 Å². The molecule has 1 atom stereocenters. The van der Waals surface area contributed by atoms with Crippen LogP contribution in [0.1, 0.15) is 20.8 Å². The first-order valence-corrected chi connectivity index (χ1v) is 4.43. The van der Waals surface area contributed by atoms with Crippen molar-refractivity contribution in [2.75, 3.05) is 0 Å². The molecule has 64 valence electrons. The lowest BCUT2D eigenvalue weighted by Crippen LogP contribution is -1.83. The van der Waals surface area contributed by atoms with Gasteiger partial charge in [0, 0.05) is 0 Å². The van der Waals surface area contributed by atoms with Crippen LogP contribution in [0.15, 0.2) is 47.6 Å². The van der Waals surface area contributed by atoms with Crippen LogP contribution < -0.4 is 0 Å². The lowest BCUT2D eigenvalue weighted by molar-refractivity contribution is 0.929. The molecule has 1 aliphatic carbocycles. The van der Waals surface area contributed by atoms with Gasteiger partial charge in [-0.1, -0.05) is 49.0 Å². The number of hydrogen-bond acceptors (Lipinski definition) is 0. The predicted molar refractivity (Wildman–Crippen MR) is 55.0 cm³/mol. The van der Waals surface area contributed by atoms with E-state index in [2.05, 4.69) is 50.3 Å². The van der Waals surface area contributed by atoms with E-state index in [1.54, 1.807) is 0 Å². The van der Waals surface area contributed by atoms with Crippen LogP contribution in [0.4, 0.5) is 0 Å². The zero-order valence-corrected chi connectivity index (χ0v) is 8.04. The highest BCUT2D eigenvalue weighted by atomic mass is 14.0. The van der Waals surface area contributed by atoms with Gasteiger partial charge in [-0.2, -0.15) is 0 Å². The van der Waals surface area contributed by atoms with Gasteiger partial charge in [-0.15, -0.1) is 0 Å². The first-order valence-electron chi connectivity index (χ1n) is 4.43. The second kappa shape index (κ2) is 4.10. The first kappa shape index (κ1) is 9.05.